The van der Waals surface area contributed by atoms with Gasteiger partial charge in [-0.15, -0.1) is 0 Å². The van der Waals surface area contributed by atoms with Crippen molar-refractivity contribution in [2.75, 3.05) is 12.3 Å². The highest BCUT2D eigenvalue weighted by Gasteiger charge is 2.28. The number of nitrogens with two attached hydrogens (primary N) is 1. The third-order valence-electron chi connectivity index (χ3n) is 3.26. The number of hydrogen-bond acceptors (Lipinski definition) is 3. The smallest absolute Gasteiger partial charge is 0.0564 e. The van der Waals surface area contributed by atoms with Gasteiger partial charge < -0.3 is 5.73 Å². The van der Waals surface area contributed by atoms with Gasteiger partial charge in [-0.2, -0.15) is 0 Å². The second-order valence-corrected chi connectivity index (χ2v) is 5.46. The fraction of sp³-hybridized carbons (Fsp3) is 0.643. The molecule has 3 heteroatoms. The Labute approximate surface area is 104 Å². The van der Waals surface area contributed by atoms with Crippen LogP contribution in [0.5, 0.6) is 0 Å². The third kappa shape index (κ3) is 4.00. The van der Waals surface area contributed by atoms with Crippen molar-refractivity contribution in [3.63, 3.8) is 0 Å². The number of hydrogen-bond donors (Lipinski definition) is 1. The molecule has 0 aromatic carbocycles. The highest BCUT2D eigenvalue weighted by Crippen LogP contribution is 2.28. The van der Waals surface area contributed by atoms with E-state index in [-0.39, 0.29) is 0 Å². The van der Waals surface area contributed by atoms with Gasteiger partial charge in [0, 0.05) is 24.5 Å². The van der Waals surface area contributed by atoms with Crippen LogP contribution in [0.2, 0.25) is 0 Å². The summed E-state index contributed by atoms with van der Waals surface area (Å²) in [4.78, 5) is 6.95. The van der Waals surface area contributed by atoms with E-state index in [1.165, 1.54) is 25.8 Å². The molecule has 1 saturated carbocycles. The first-order valence-electron chi connectivity index (χ1n) is 6.59. The maximum absolute atomic E-state index is 5.79. The van der Waals surface area contributed by atoms with Crippen LogP contribution in [0.3, 0.4) is 0 Å². The van der Waals surface area contributed by atoms with Gasteiger partial charge in [0.1, 0.15) is 0 Å². The Balaban J connectivity index is 1.93. The van der Waals surface area contributed by atoms with E-state index in [2.05, 4.69) is 23.7 Å². The van der Waals surface area contributed by atoms with E-state index in [1.54, 1.807) is 6.20 Å². The van der Waals surface area contributed by atoms with Crippen molar-refractivity contribution in [2.24, 2.45) is 5.92 Å². The molecule has 1 aliphatic carbocycles. The molecule has 1 fully saturated rings. The van der Waals surface area contributed by atoms with Crippen molar-refractivity contribution < 1.29 is 0 Å². The molecule has 0 atom stereocenters. The second-order valence-electron chi connectivity index (χ2n) is 5.46. The van der Waals surface area contributed by atoms with E-state index in [9.17, 15) is 0 Å². The van der Waals surface area contributed by atoms with Crippen molar-refractivity contribution >= 4 is 5.69 Å². The van der Waals surface area contributed by atoms with Gasteiger partial charge in [-0.25, -0.2) is 0 Å². The third-order valence-corrected chi connectivity index (χ3v) is 3.26. The molecule has 3 nitrogen and oxygen atoms in total. The highest BCUT2D eigenvalue weighted by molar-refractivity contribution is 5.37. The van der Waals surface area contributed by atoms with Crippen molar-refractivity contribution in [1.29, 1.82) is 0 Å². The molecule has 1 aromatic rings. The monoisotopic (exact) mass is 233 g/mol. The van der Waals surface area contributed by atoms with Crippen LogP contribution in [0.15, 0.2) is 18.3 Å². The van der Waals surface area contributed by atoms with Gasteiger partial charge in [-0.05, 0) is 43.9 Å². The van der Waals surface area contributed by atoms with Gasteiger partial charge in [0.2, 0.25) is 0 Å². The molecule has 17 heavy (non-hydrogen) atoms. The quantitative estimate of drug-likeness (QED) is 0.821. The summed E-state index contributed by atoms with van der Waals surface area (Å²) >= 11 is 0. The van der Waals surface area contributed by atoms with Gasteiger partial charge in [0.05, 0.1) is 5.69 Å². The first kappa shape index (κ1) is 12.4. The number of nitrogen functional groups attached to an aromatic ring is 1. The molecule has 0 radical (unpaired) electrons. The van der Waals surface area contributed by atoms with Crippen molar-refractivity contribution in [1.82, 2.24) is 9.88 Å². The number of rotatable bonds is 6. The van der Waals surface area contributed by atoms with Gasteiger partial charge in [-0.1, -0.05) is 13.8 Å². The van der Waals surface area contributed by atoms with Crippen LogP contribution in [-0.2, 0) is 6.54 Å². The zero-order chi connectivity index (χ0) is 12.3. The lowest BCUT2D eigenvalue weighted by Crippen LogP contribution is -2.28. The van der Waals surface area contributed by atoms with Crippen molar-refractivity contribution in [3.05, 3.63) is 24.0 Å². The Kier molecular flexibility index (Phi) is 4.00. The van der Waals surface area contributed by atoms with Crippen LogP contribution in [0.25, 0.3) is 0 Å². The lowest BCUT2D eigenvalue weighted by molar-refractivity contribution is 0.237. The Morgan fingerprint density at radius 2 is 2.24 bits per heavy atom. The van der Waals surface area contributed by atoms with Gasteiger partial charge in [-0.3, -0.25) is 9.88 Å². The molecule has 0 unspecified atom stereocenters. The average molecular weight is 233 g/mol. The molecule has 0 bridgehead atoms. The molecule has 94 valence electrons. The Hall–Kier alpha value is -1.09. The van der Waals surface area contributed by atoms with Crippen molar-refractivity contribution in [2.45, 2.75) is 45.7 Å². The van der Waals surface area contributed by atoms with E-state index in [1.807, 2.05) is 12.1 Å². The van der Waals surface area contributed by atoms with Crippen molar-refractivity contribution in [3.8, 4) is 0 Å². The predicted octanol–water partition coefficient (Wildman–Crippen LogP) is 2.67. The van der Waals surface area contributed by atoms with Gasteiger partial charge in [0.25, 0.3) is 0 Å². The number of pyridine rings is 1. The van der Waals surface area contributed by atoms with Crippen LogP contribution >= 0.6 is 0 Å². The van der Waals surface area contributed by atoms with Gasteiger partial charge in [0.15, 0.2) is 0 Å². The van der Waals surface area contributed by atoms with E-state index >= 15 is 0 Å². The SMILES string of the molecule is CC(C)CCN(Cc1cc(N)ccn1)C1CC1. The minimum atomic E-state index is 0.769. The lowest BCUT2D eigenvalue weighted by Gasteiger charge is -2.22. The minimum Gasteiger partial charge on any atom is -0.399 e. The van der Waals surface area contributed by atoms with Gasteiger partial charge >= 0.3 is 0 Å². The normalized spacial score (nSPS) is 15.8. The number of aromatic nitrogens is 1. The summed E-state index contributed by atoms with van der Waals surface area (Å²) in [6, 6.07) is 4.63. The first-order valence-corrected chi connectivity index (χ1v) is 6.59. The summed E-state index contributed by atoms with van der Waals surface area (Å²) in [5.41, 5.74) is 7.70. The molecule has 1 heterocycles. The Morgan fingerprint density at radius 1 is 1.47 bits per heavy atom. The molecular formula is C14H23N3. The Bertz CT molecular complexity index is 358. The molecule has 1 aromatic heterocycles. The maximum Gasteiger partial charge on any atom is 0.0564 e. The molecule has 2 N–H and O–H groups in total. The topological polar surface area (TPSA) is 42.1 Å². The first-order chi connectivity index (χ1) is 8.15. The summed E-state index contributed by atoms with van der Waals surface area (Å²) in [7, 11) is 0. The van der Waals surface area contributed by atoms with E-state index < -0.39 is 0 Å². The lowest BCUT2D eigenvalue weighted by atomic mass is 10.1. The fourth-order valence-corrected chi connectivity index (χ4v) is 2.05. The molecule has 0 amide bonds. The zero-order valence-electron chi connectivity index (χ0n) is 10.9. The highest BCUT2D eigenvalue weighted by atomic mass is 15.2. The molecular weight excluding hydrogens is 210 g/mol. The molecule has 0 spiro atoms. The average Bonchev–Trinajstić information content (AvgIpc) is 3.07. The molecule has 0 saturated heterocycles. The predicted molar refractivity (Wildman–Crippen MR) is 71.5 cm³/mol. The summed E-state index contributed by atoms with van der Waals surface area (Å²) in [6.07, 6.45) is 5.76. The zero-order valence-corrected chi connectivity index (χ0v) is 10.9. The minimum absolute atomic E-state index is 0.769. The standard InChI is InChI=1S/C14H23N3/c1-11(2)6-8-17(14-3-4-14)10-13-9-12(15)5-7-16-13/h5,7,9,11,14H,3-4,6,8,10H2,1-2H3,(H2,15,16). The molecule has 0 aliphatic heterocycles. The van der Waals surface area contributed by atoms with Crippen LogP contribution in [0.4, 0.5) is 5.69 Å². The number of nitrogens with zero attached hydrogens (tertiary/aromatic N) is 2. The number of anilines is 1. The van der Waals surface area contributed by atoms with E-state index in [4.69, 9.17) is 5.73 Å². The molecule has 2 rings (SSSR count). The summed E-state index contributed by atoms with van der Waals surface area (Å²) in [5.74, 6) is 0.769. The van der Waals surface area contributed by atoms with E-state index in [0.717, 1.165) is 29.9 Å². The maximum atomic E-state index is 5.79. The largest absolute Gasteiger partial charge is 0.399 e. The summed E-state index contributed by atoms with van der Waals surface area (Å²) in [5, 5.41) is 0. The summed E-state index contributed by atoms with van der Waals surface area (Å²) < 4.78 is 0. The Morgan fingerprint density at radius 3 is 2.82 bits per heavy atom. The van der Waals surface area contributed by atoms with Crippen LogP contribution in [0.1, 0.15) is 38.8 Å². The second kappa shape index (κ2) is 5.50. The molecule has 1 aliphatic rings. The summed E-state index contributed by atoms with van der Waals surface area (Å²) in [6.45, 7) is 6.69. The van der Waals surface area contributed by atoms with Crippen LogP contribution in [0, 0.1) is 5.92 Å². The van der Waals surface area contributed by atoms with Crippen LogP contribution in [-0.4, -0.2) is 22.5 Å². The van der Waals surface area contributed by atoms with Crippen LogP contribution < -0.4 is 5.73 Å². The fourth-order valence-electron chi connectivity index (χ4n) is 2.05. The van der Waals surface area contributed by atoms with E-state index in [0.29, 0.717) is 0 Å².